The summed E-state index contributed by atoms with van der Waals surface area (Å²) in [6, 6.07) is 4.92. The van der Waals surface area contributed by atoms with Crippen molar-refractivity contribution < 1.29 is 59.5 Å². The summed E-state index contributed by atoms with van der Waals surface area (Å²) in [5.41, 5.74) is 1.38. The molecule has 0 aromatic carbocycles. The van der Waals surface area contributed by atoms with Crippen LogP contribution in [0.2, 0.25) is 0 Å². The third-order valence-corrected chi connectivity index (χ3v) is 8.72. The van der Waals surface area contributed by atoms with Crippen molar-refractivity contribution in [2.45, 2.75) is 249 Å². The first-order valence-electron chi connectivity index (χ1n) is 24.6. The number of carbonyl (C=O) groups excluding carboxylic acids is 1. The van der Waals surface area contributed by atoms with E-state index in [2.05, 4.69) is 102 Å². The normalized spacial score (nSPS) is 16.0. The number of rotatable bonds is 9. The van der Waals surface area contributed by atoms with Gasteiger partial charge in [-0.05, 0) is 152 Å². The number of aliphatic hydroxyl groups is 7. The zero-order valence-electron chi connectivity index (χ0n) is 45.9. The lowest BCUT2D eigenvalue weighted by Crippen LogP contribution is -2.31. The Morgan fingerprint density at radius 3 is 1.20 bits per heavy atom. The van der Waals surface area contributed by atoms with Crippen molar-refractivity contribution in [1.82, 2.24) is 4.57 Å². The predicted molar refractivity (Wildman–Crippen MR) is 272 cm³/mol. The Hall–Kier alpha value is -1.65. The fourth-order valence-corrected chi connectivity index (χ4v) is 5.38. The summed E-state index contributed by atoms with van der Waals surface area (Å²) < 4.78 is 21.7. The molecule has 0 bridgehead atoms. The van der Waals surface area contributed by atoms with E-state index in [-0.39, 0.29) is 43.2 Å². The molecule has 2 atom stereocenters. The Bertz CT molecular complexity index is 1040. The molecule has 7 N–H and O–H groups in total. The van der Waals surface area contributed by atoms with E-state index < -0.39 is 11.6 Å². The van der Waals surface area contributed by atoms with Crippen LogP contribution in [0, 0.1) is 25.7 Å². The van der Waals surface area contributed by atoms with Crippen LogP contribution >= 0.6 is 0 Å². The van der Waals surface area contributed by atoms with E-state index in [1.165, 1.54) is 64.4 Å². The third-order valence-electron chi connectivity index (χ3n) is 8.72. The van der Waals surface area contributed by atoms with E-state index in [9.17, 15) is 4.79 Å². The lowest BCUT2D eigenvalue weighted by Gasteiger charge is -2.22. The van der Waals surface area contributed by atoms with Gasteiger partial charge in [0.15, 0.2) is 5.60 Å². The average molecular weight is 942 g/mol. The molecular weight excluding hydrogens is 831 g/mol. The molecule has 1 saturated heterocycles. The highest BCUT2D eigenvalue weighted by Gasteiger charge is 2.24. The van der Waals surface area contributed by atoms with Gasteiger partial charge in [-0.1, -0.05) is 73.6 Å². The Labute approximate surface area is 401 Å². The molecule has 1 aromatic heterocycles. The fraction of sp³-hybridized carbons (Fsp3) is 0.904. The second-order valence-corrected chi connectivity index (χ2v) is 19.5. The van der Waals surface area contributed by atoms with Crippen LogP contribution in [0.25, 0.3) is 0 Å². The van der Waals surface area contributed by atoms with Crippen molar-refractivity contribution in [3.63, 3.8) is 0 Å². The smallest absolute Gasteiger partial charge is 0.337 e. The second kappa shape index (κ2) is 48.8. The molecule has 13 nitrogen and oxygen atoms in total. The molecule has 396 valence electrons. The number of ether oxygens (including phenoxy) is 4. The number of hydrogen-bond donors (Lipinski definition) is 7. The molecule has 0 radical (unpaired) electrons. The fourth-order valence-electron chi connectivity index (χ4n) is 5.38. The van der Waals surface area contributed by atoms with Crippen molar-refractivity contribution >= 4 is 5.97 Å². The van der Waals surface area contributed by atoms with Gasteiger partial charge >= 0.3 is 5.97 Å². The highest BCUT2D eigenvalue weighted by molar-refractivity contribution is 5.77. The monoisotopic (exact) mass is 942 g/mol. The van der Waals surface area contributed by atoms with Gasteiger partial charge in [-0.15, -0.1) is 0 Å². The molecule has 13 heteroatoms. The molecule has 2 heterocycles. The third kappa shape index (κ3) is 62.4. The number of esters is 1. The molecule has 2 saturated carbocycles. The topological polar surface area (TPSA) is 201 Å². The van der Waals surface area contributed by atoms with Gasteiger partial charge in [-0.3, -0.25) is 0 Å². The first kappa shape index (κ1) is 74.9. The van der Waals surface area contributed by atoms with Crippen LogP contribution in [0.1, 0.15) is 205 Å². The largest absolute Gasteiger partial charge is 0.467 e. The number of methoxy groups -OCH3 is 2. The maximum Gasteiger partial charge on any atom is 0.337 e. The quantitative estimate of drug-likeness (QED) is 0.116. The summed E-state index contributed by atoms with van der Waals surface area (Å²) in [6.45, 7) is 37.7. The van der Waals surface area contributed by atoms with Crippen molar-refractivity contribution in [3.05, 3.63) is 23.5 Å². The van der Waals surface area contributed by atoms with E-state index in [0.29, 0.717) is 37.2 Å². The number of aromatic nitrogens is 1. The Kier molecular flexibility index (Phi) is 56.2. The van der Waals surface area contributed by atoms with E-state index in [1.54, 1.807) is 14.0 Å². The van der Waals surface area contributed by atoms with Crippen LogP contribution in [0.5, 0.6) is 0 Å². The van der Waals surface area contributed by atoms with Crippen LogP contribution in [-0.2, 0) is 23.7 Å². The van der Waals surface area contributed by atoms with E-state index in [1.807, 2.05) is 27.7 Å². The highest BCUT2D eigenvalue weighted by atomic mass is 16.5. The summed E-state index contributed by atoms with van der Waals surface area (Å²) in [6.07, 6.45) is 14.0. The summed E-state index contributed by atoms with van der Waals surface area (Å²) in [5, 5.41) is 59.3. The Morgan fingerprint density at radius 2 is 1.12 bits per heavy atom. The SMILES string of the molecule is CC(C)CCO.CC(C)CO.CC(C)OC(C)(C)C.CCC.COC(=O)C(C)(C)O.COC(C)CO.Cc1ccc(C)n1C(C)C.OC1CCCC1.OC1CCCC1.OCC1CCCO1. The Balaban J connectivity index is -0.000000150. The van der Waals surface area contributed by atoms with Gasteiger partial charge in [0.2, 0.25) is 0 Å². The van der Waals surface area contributed by atoms with Crippen molar-refractivity contribution in [2.24, 2.45) is 11.8 Å². The molecule has 0 spiro atoms. The van der Waals surface area contributed by atoms with Crippen LogP contribution in [-0.4, -0.2) is 135 Å². The molecule has 3 fully saturated rings. The minimum atomic E-state index is -1.35. The number of carbonyl (C=O) groups is 1. The number of hydrogen-bond acceptors (Lipinski definition) is 12. The van der Waals surface area contributed by atoms with Crippen LogP contribution < -0.4 is 0 Å². The van der Waals surface area contributed by atoms with Gasteiger partial charge in [-0.25, -0.2) is 4.79 Å². The summed E-state index contributed by atoms with van der Waals surface area (Å²) >= 11 is 0. The van der Waals surface area contributed by atoms with Gasteiger partial charge in [0, 0.05) is 44.4 Å². The molecule has 65 heavy (non-hydrogen) atoms. The summed E-state index contributed by atoms with van der Waals surface area (Å²) in [4.78, 5) is 10.4. The van der Waals surface area contributed by atoms with Gasteiger partial charge < -0.3 is 59.3 Å². The first-order chi connectivity index (χ1) is 30.0. The molecule has 1 aromatic rings. The van der Waals surface area contributed by atoms with Gasteiger partial charge in [0.1, 0.15) is 0 Å². The van der Waals surface area contributed by atoms with Crippen molar-refractivity contribution in [2.75, 3.05) is 47.3 Å². The van der Waals surface area contributed by atoms with Crippen LogP contribution in [0.15, 0.2) is 12.1 Å². The van der Waals surface area contributed by atoms with Gasteiger partial charge in [0.25, 0.3) is 0 Å². The maximum absolute atomic E-state index is 10.4. The average Bonchev–Trinajstić information content (AvgIpc) is 4.06. The van der Waals surface area contributed by atoms with E-state index in [0.717, 1.165) is 51.6 Å². The minimum Gasteiger partial charge on any atom is -0.467 e. The number of aryl methyl sites for hydroxylation is 2. The molecule has 4 rings (SSSR count). The molecule has 0 amide bonds. The van der Waals surface area contributed by atoms with Crippen molar-refractivity contribution in [1.29, 1.82) is 0 Å². The first-order valence-corrected chi connectivity index (χ1v) is 24.6. The van der Waals surface area contributed by atoms with Crippen LogP contribution in [0.4, 0.5) is 0 Å². The zero-order valence-corrected chi connectivity index (χ0v) is 45.9. The minimum absolute atomic E-state index is 0.00926. The van der Waals surface area contributed by atoms with Gasteiger partial charge in [0.05, 0.1) is 56.4 Å². The van der Waals surface area contributed by atoms with Crippen LogP contribution in [0.3, 0.4) is 0 Å². The Morgan fingerprint density at radius 1 is 0.723 bits per heavy atom. The molecule has 2 aliphatic carbocycles. The zero-order chi connectivity index (χ0) is 52.2. The predicted octanol–water partition coefficient (Wildman–Crippen LogP) is 9.92. The molecule has 1 aliphatic heterocycles. The lowest BCUT2D eigenvalue weighted by atomic mass is 10.1. The van der Waals surface area contributed by atoms with Crippen molar-refractivity contribution in [3.8, 4) is 0 Å². The molecule has 2 unspecified atom stereocenters. The summed E-state index contributed by atoms with van der Waals surface area (Å²) in [7, 11) is 2.81. The molecule has 3 aliphatic rings. The van der Waals surface area contributed by atoms with E-state index in [4.69, 9.17) is 45.2 Å². The summed E-state index contributed by atoms with van der Waals surface area (Å²) in [5.74, 6) is 0.475. The van der Waals surface area contributed by atoms with E-state index >= 15 is 0 Å². The highest BCUT2D eigenvalue weighted by Crippen LogP contribution is 2.17. The number of nitrogens with zero attached hydrogens (tertiary/aromatic N) is 1. The molecular formula is C52H111NO12. The number of aliphatic hydroxyl groups excluding tert-OH is 6. The second-order valence-electron chi connectivity index (χ2n) is 19.5. The standard InChI is InChI=1S/C9H15N.C7H16O.C5H10O3.C5H10O2.2C5H10O.C5H12O.C4H10O2.C4H10O.C3H8/c1-7(2)10-8(3)5-6-9(10)4;1-6(2)8-7(3,4)5;1-5(2,7)4(6)8-3;6-4-5-2-1-3-7-5;2*6-5-3-1-2-4-5;1-5(2)3-4-6;1-4(3-5)6-2;1-4(2)3-5;1-3-2/h5-7H,1-4H3;6H,1-5H3;7H,1-3H3;5-6H,1-4H2;2*5-6H,1-4H2;5-6H,3-4H2,1-2H3;4-5H,3H2,1-2H3;4-5H,3H2,1-2H3;3H2,1-2H3. The van der Waals surface area contributed by atoms with Gasteiger partial charge in [-0.2, -0.15) is 0 Å². The maximum atomic E-state index is 10.4. The lowest BCUT2D eigenvalue weighted by molar-refractivity contribution is -0.158.